The van der Waals surface area contributed by atoms with Crippen molar-refractivity contribution in [3.8, 4) is 5.69 Å². The Bertz CT molecular complexity index is 2420. The first-order valence-electron chi connectivity index (χ1n) is 17.5. The van der Waals surface area contributed by atoms with Gasteiger partial charge in [0.25, 0.3) is 0 Å². The van der Waals surface area contributed by atoms with Gasteiger partial charge in [0.05, 0.1) is 29.2 Å². The van der Waals surface area contributed by atoms with Gasteiger partial charge in [-0.3, -0.25) is 0 Å². The molecule has 0 atom stereocenters. The minimum Gasteiger partial charge on any atom is -0.478 e. The van der Waals surface area contributed by atoms with E-state index >= 15 is 0 Å². The summed E-state index contributed by atoms with van der Waals surface area (Å²) in [4.78, 5) is 11.5. The molecule has 0 aliphatic heterocycles. The van der Waals surface area contributed by atoms with Crippen molar-refractivity contribution in [3.63, 3.8) is 0 Å². The summed E-state index contributed by atoms with van der Waals surface area (Å²) >= 11 is 6.67. The quantitative estimate of drug-likeness (QED) is 0.116. The lowest BCUT2D eigenvalue weighted by molar-refractivity contribution is 0.0697. The lowest BCUT2D eigenvalue weighted by Gasteiger charge is -2.25. The second-order valence-corrected chi connectivity index (χ2v) is 15.2. The van der Waals surface area contributed by atoms with Gasteiger partial charge in [-0.25, -0.2) is 22.6 Å². The molecule has 10 heteroatoms. The number of halogens is 1. The van der Waals surface area contributed by atoms with Crippen LogP contribution < -0.4 is 4.72 Å². The summed E-state index contributed by atoms with van der Waals surface area (Å²) in [5.74, 6) is -0.951. The highest BCUT2D eigenvalue weighted by Gasteiger charge is 2.27. The molecule has 0 unspecified atom stereocenters. The average Bonchev–Trinajstić information content (AvgIpc) is 3.71. The van der Waals surface area contributed by atoms with E-state index in [2.05, 4.69) is 44.7 Å². The monoisotopic (exact) mass is 742 g/mol. The van der Waals surface area contributed by atoms with Crippen LogP contribution >= 0.6 is 11.6 Å². The van der Waals surface area contributed by atoms with Crippen molar-refractivity contribution in [2.45, 2.75) is 43.5 Å². The molecule has 2 N–H and O–H groups in total. The zero-order valence-electron chi connectivity index (χ0n) is 29.2. The van der Waals surface area contributed by atoms with Gasteiger partial charge in [-0.2, -0.15) is 5.10 Å². The van der Waals surface area contributed by atoms with Gasteiger partial charge in [-0.05, 0) is 90.9 Å². The summed E-state index contributed by atoms with van der Waals surface area (Å²) in [6.07, 6.45) is 4.04. The maximum absolute atomic E-state index is 13.8. The van der Waals surface area contributed by atoms with E-state index in [1.165, 1.54) is 6.20 Å². The summed E-state index contributed by atoms with van der Waals surface area (Å²) in [5.41, 5.74) is 7.93. The lowest BCUT2D eigenvalue weighted by atomic mass is 9.97. The number of hydrogen-bond acceptors (Lipinski definition) is 4. The van der Waals surface area contributed by atoms with Gasteiger partial charge in [0.2, 0.25) is 10.0 Å². The van der Waals surface area contributed by atoms with Crippen LogP contribution in [0.15, 0.2) is 145 Å². The molecule has 0 fully saturated rings. The molecule has 53 heavy (non-hydrogen) atoms. The standard InChI is InChI=1S/C43H39ClN4O4S/c1-30-41(29-45-48(30)36-17-9-4-10-18-36)53(51,52)46-27-26-40-37(19-11-12-31-20-22-34(23-21-31)43(49)50)38-28-35(44)24-25-39(38)47(40)42(32-13-5-2-6-14-32)33-15-7-3-8-16-33/h2-10,13-18,20-25,28-29,42,46H,11-12,19,26-27H2,1H3,(H,49,50). The van der Waals surface area contributed by atoms with Crippen molar-refractivity contribution < 1.29 is 18.3 Å². The summed E-state index contributed by atoms with van der Waals surface area (Å²) in [7, 11) is -3.90. The van der Waals surface area contributed by atoms with E-state index in [1.54, 1.807) is 23.7 Å². The highest BCUT2D eigenvalue weighted by Crippen LogP contribution is 2.38. The predicted molar refractivity (Wildman–Crippen MR) is 210 cm³/mol. The summed E-state index contributed by atoms with van der Waals surface area (Å²) in [6, 6.07) is 42.9. The van der Waals surface area contributed by atoms with Crippen molar-refractivity contribution in [2.24, 2.45) is 0 Å². The van der Waals surface area contributed by atoms with Crippen LogP contribution in [0.5, 0.6) is 0 Å². The third kappa shape index (κ3) is 7.69. The number of para-hydroxylation sites is 1. The minimum atomic E-state index is -3.90. The number of sulfonamides is 1. The van der Waals surface area contributed by atoms with E-state index in [0.29, 0.717) is 23.6 Å². The second-order valence-electron chi connectivity index (χ2n) is 13.0. The molecule has 7 rings (SSSR count). The fourth-order valence-corrected chi connectivity index (χ4v) is 8.53. The van der Waals surface area contributed by atoms with Crippen LogP contribution in [0.25, 0.3) is 16.6 Å². The first-order chi connectivity index (χ1) is 25.7. The molecule has 2 aromatic heterocycles. The molecule has 0 amide bonds. The van der Waals surface area contributed by atoms with Crippen LogP contribution in [0.4, 0.5) is 0 Å². The van der Waals surface area contributed by atoms with Crippen LogP contribution in [0.1, 0.15) is 56.5 Å². The van der Waals surface area contributed by atoms with E-state index in [9.17, 15) is 18.3 Å². The number of nitrogens with one attached hydrogen (secondary N) is 1. The van der Waals surface area contributed by atoms with Crippen LogP contribution in [0.3, 0.4) is 0 Å². The average molecular weight is 743 g/mol. The second kappa shape index (κ2) is 15.6. The van der Waals surface area contributed by atoms with Gasteiger partial charge in [0.15, 0.2) is 0 Å². The number of aromatic nitrogens is 3. The number of rotatable bonds is 14. The molecule has 0 bridgehead atoms. The molecule has 0 aliphatic rings. The van der Waals surface area contributed by atoms with E-state index < -0.39 is 16.0 Å². The summed E-state index contributed by atoms with van der Waals surface area (Å²) in [6.45, 7) is 1.91. The zero-order chi connectivity index (χ0) is 37.0. The van der Waals surface area contributed by atoms with Gasteiger partial charge >= 0.3 is 5.97 Å². The normalized spacial score (nSPS) is 11.8. The first kappa shape index (κ1) is 35.9. The predicted octanol–water partition coefficient (Wildman–Crippen LogP) is 8.82. The summed E-state index contributed by atoms with van der Waals surface area (Å²) < 4.78 is 34.5. The van der Waals surface area contributed by atoms with Gasteiger partial charge < -0.3 is 9.67 Å². The van der Waals surface area contributed by atoms with E-state index in [4.69, 9.17) is 11.6 Å². The van der Waals surface area contributed by atoms with Crippen molar-refractivity contribution >= 4 is 38.5 Å². The smallest absolute Gasteiger partial charge is 0.335 e. The van der Waals surface area contributed by atoms with Crippen LogP contribution in [0.2, 0.25) is 5.02 Å². The van der Waals surface area contributed by atoms with Gasteiger partial charge in [0, 0.05) is 34.6 Å². The number of benzene rings is 5. The fourth-order valence-electron chi connectivity index (χ4n) is 7.17. The Hall–Kier alpha value is -5.48. The highest BCUT2D eigenvalue weighted by atomic mass is 35.5. The van der Waals surface area contributed by atoms with E-state index in [-0.39, 0.29) is 23.0 Å². The topological polar surface area (TPSA) is 106 Å². The van der Waals surface area contributed by atoms with E-state index in [1.807, 2.05) is 91.0 Å². The molecule has 0 radical (unpaired) electrons. The van der Waals surface area contributed by atoms with Crippen LogP contribution in [0, 0.1) is 6.92 Å². The number of carbonyl (C=O) groups is 1. The zero-order valence-corrected chi connectivity index (χ0v) is 30.8. The Kier molecular flexibility index (Phi) is 10.6. The first-order valence-corrected chi connectivity index (χ1v) is 19.4. The Morgan fingerprint density at radius 1 is 0.811 bits per heavy atom. The molecule has 7 aromatic rings. The van der Waals surface area contributed by atoms with Crippen molar-refractivity contribution in [1.29, 1.82) is 0 Å². The SMILES string of the molecule is Cc1c(S(=O)(=O)NCCc2c(CCCc3ccc(C(=O)O)cc3)c3cc(Cl)ccc3n2C(c2ccccc2)c2ccccc2)cnn1-c1ccccc1. The Balaban J connectivity index is 1.28. The third-order valence-corrected chi connectivity index (χ3v) is 11.5. The maximum Gasteiger partial charge on any atom is 0.335 e. The molecular weight excluding hydrogens is 704 g/mol. The molecule has 0 saturated carbocycles. The Labute approximate surface area is 314 Å². The Morgan fingerprint density at radius 2 is 1.43 bits per heavy atom. The Morgan fingerprint density at radius 3 is 2.06 bits per heavy atom. The molecule has 5 aromatic carbocycles. The van der Waals surface area contributed by atoms with Gasteiger partial charge in [0.1, 0.15) is 4.90 Å². The molecule has 0 saturated heterocycles. The number of fused-ring (bicyclic) bond motifs is 1. The fraction of sp³-hybridized carbons (Fsp3) is 0.163. The van der Waals surface area contributed by atoms with Gasteiger partial charge in [-0.1, -0.05) is 103 Å². The third-order valence-electron chi connectivity index (χ3n) is 9.67. The minimum absolute atomic E-state index is 0.134. The van der Waals surface area contributed by atoms with Crippen LogP contribution in [-0.2, 0) is 29.3 Å². The van der Waals surface area contributed by atoms with Gasteiger partial charge in [-0.15, -0.1) is 0 Å². The lowest BCUT2D eigenvalue weighted by Crippen LogP contribution is -2.28. The molecule has 0 aliphatic carbocycles. The van der Waals surface area contributed by atoms with Crippen molar-refractivity contribution in [2.75, 3.05) is 6.54 Å². The highest BCUT2D eigenvalue weighted by molar-refractivity contribution is 7.89. The number of carboxylic acid groups (broad SMARTS) is 1. The van der Waals surface area contributed by atoms with Crippen molar-refractivity contribution in [3.05, 3.63) is 184 Å². The number of aromatic carboxylic acids is 1. The molecule has 268 valence electrons. The number of carboxylic acids is 1. The molecule has 8 nitrogen and oxygen atoms in total. The van der Waals surface area contributed by atoms with Crippen molar-refractivity contribution in [1.82, 2.24) is 19.1 Å². The molecule has 2 heterocycles. The van der Waals surface area contributed by atoms with E-state index in [0.717, 1.165) is 57.4 Å². The molecular formula is C43H39ClN4O4S. The summed E-state index contributed by atoms with van der Waals surface area (Å²) in [5, 5.41) is 15.4. The number of nitrogens with zero attached hydrogens (tertiary/aromatic N) is 3. The maximum atomic E-state index is 13.8. The largest absolute Gasteiger partial charge is 0.478 e. The number of aryl methyl sites for hydroxylation is 2. The molecule has 0 spiro atoms. The number of hydrogen-bond donors (Lipinski definition) is 2. The van der Waals surface area contributed by atoms with Crippen LogP contribution in [-0.4, -0.2) is 40.4 Å².